The quantitative estimate of drug-likeness (QED) is 0.723. The zero-order valence-corrected chi connectivity index (χ0v) is 6.26. The minimum atomic E-state index is -6.42. The van der Waals surface area contributed by atoms with Crippen molar-refractivity contribution < 1.29 is 40.2 Å². The molecule has 0 rings (SSSR count). The Morgan fingerprint density at radius 2 is 1.14 bits per heavy atom. The highest BCUT2D eigenvalue weighted by molar-refractivity contribution is 5.00. The number of hydrogen-bond donors (Lipinski definition) is 1. The summed E-state index contributed by atoms with van der Waals surface area (Å²) >= 11 is 0. The van der Waals surface area contributed by atoms with Crippen LogP contribution in [0.5, 0.6) is 0 Å². The summed E-state index contributed by atoms with van der Waals surface area (Å²) in [4.78, 5) is 0. The number of aliphatic hydroxyl groups excluding tert-OH is 1. The SMILES string of the molecule is OC(CF)C(F)(C(F)(F)F)C(F)(F)F. The second kappa shape index (κ2) is 3.52. The molecular weight excluding hydrogens is 228 g/mol. The van der Waals surface area contributed by atoms with Gasteiger partial charge in [0.2, 0.25) is 0 Å². The van der Waals surface area contributed by atoms with E-state index in [0.29, 0.717) is 0 Å². The topological polar surface area (TPSA) is 20.2 Å². The predicted molar refractivity (Wildman–Crippen MR) is 27.9 cm³/mol. The van der Waals surface area contributed by atoms with Gasteiger partial charge in [0.05, 0.1) is 0 Å². The molecular formula is C5H4F8O. The number of aliphatic hydroxyl groups is 1. The third kappa shape index (κ3) is 1.91. The van der Waals surface area contributed by atoms with Gasteiger partial charge in [-0.1, -0.05) is 0 Å². The van der Waals surface area contributed by atoms with Gasteiger partial charge in [0.15, 0.2) is 0 Å². The lowest BCUT2D eigenvalue weighted by Gasteiger charge is -2.32. The third-order valence-corrected chi connectivity index (χ3v) is 1.43. The molecule has 0 aliphatic carbocycles. The largest absolute Gasteiger partial charge is 0.434 e. The maximum Gasteiger partial charge on any atom is 0.434 e. The summed E-state index contributed by atoms with van der Waals surface area (Å²) in [6, 6.07) is 0. The molecule has 0 radical (unpaired) electrons. The van der Waals surface area contributed by atoms with Gasteiger partial charge in [-0.2, -0.15) is 26.3 Å². The molecule has 0 aliphatic rings. The van der Waals surface area contributed by atoms with Crippen LogP contribution in [0, 0.1) is 0 Å². The van der Waals surface area contributed by atoms with Crippen molar-refractivity contribution in [2.45, 2.75) is 24.1 Å². The van der Waals surface area contributed by atoms with Gasteiger partial charge in [-0.3, -0.25) is 0 Å². The molecule has 14 heavy (non-hydrogen) atoms. The van der Waals surface area contributed by atoms with Gasteiger partial charge in [0, 0.05) is 0 Å². The molecule has 0 aromatic heterocycles. The number of alkyl halides is 8. The van der Waals surface area contributed by atoms with Gasteiger partial charge in [0.1, 0.15) is 12.8 Å². The highest BCUT2D eigenvalue weighted by atomic mass is 19.4. The monoisotopic (exact) mass is 232 g/mol. The van der Waals surface area contributed by atoms with E-state index in [1.807, 2.05) is 0 Å². The van der Waals surface area contributed by atoms with Crippen molar-refractivity contribution in [1.29, 1.82) is 0 Å². The van der Waals surface area contributed by atoms with Crippen LogP contribution in [0.1, 0.15) is 0 Å². The Bertz CT molecular complexity index is 179. The third-order valence-electron chi connectivity index (χ3n) is 1.43. The Morgan fingerprint density at radius 1 is 0.857 bits per heavy atom. The minimum absolute atomic E-state index is 2.49. The summed E-state index contributed by atoms with van der Waals surface area (Å²) in [7, 11) is 0. The van der Waals surface area contributed by atoms with Gasteiger partial charge in [-0.05, 0) is 0 Å². The molecule has 86 valence electrons. The molecule has 0 saturated carbocycles. The maximum atomic E-state index is 12.5. The molecule has 0 fully saturated rings. The Kier molecular flexibility index (Phi) is 3.37. The first-order chi connectivity index (χ1) is 5.98. The highest BCUT2D eigenvalue weighted by Gasteiger charge is 2.76. The summed E-state index contributed by atoms with van der Waals surface area (Å²) in [6.45, 7) is -2.49. The van der Waals surface area contributed by atoms with Crippen molar-refractivity contribution >= 4 is 0 Å². The van der Waals surface area contributed by atoms with Crippen molar-refractivity contribution in [3.8, 4) is 0 Å². The lowest BCUT2D eigenvalue weighted by molar-refractivity contribution is -0.365. The molecule has 0 aliphatic heterocycles. The van der Waals surface area contributed by atoms with Gasteiger partial charge in [-0.15, -0.1) is 0 Å². The van der Waals surface area contributed by atoms with Crippen molar-refractivity contribution in [1.82, 2.24) is 0 Å². The molecule has 0 aromatic rings. The molecule has 0 aromatic carbocycles. The minimum Gasteiger partial charge on any atom is -0.386 e. The molecule has 0 heterocycles. The average Bonchev–Trinajstić information content (AvgIpc) is 1.97. The molecule has 0 amide bonds. The fraction of sp³-hybridized carbons (Fsp3) is 1.00. The van der Waals surface area contributed by atoms with Crippen LogP contribution in [0.2, 0.25) is 0 Å². The lowest BCUT2D eigenvalue weighted by atomic mass is 9.98. The molecule has 0 bridgehead atoms. The fourth-order valence-electron chi connectivity index (χ4n) is 0.645. The van der Waals surface area contributed by atoms with Crippen LogP contribution in [-0.4, -0.2) is 35.9 Å². The van der Waals surface area contributed by atoms with Crippen molar-refractivity contribution in [2.75, 3.05) is 6.67 Å². The Labute approximate surface area is 72.3 Å². The van der Waals surface area contributed by atoms with Crippen LogP contribution in [0.15, 0.2) is 0 Å². The van der Waals surface area contributed by atoms with E-state index in [-0.39, 0.29) is 0 Å². The molecule has 1 unspecified atom stereocenters. The maximum absolute atomic E-state index is 12.5. The number of hydrogen-bond acceptors (Lipinski definition) is 1. The van der Waals surface area contributed by atoms with E-state index in [2.05, 4.69) is 0 Å². The fourth-order valence-corrected chi connectivity index (χ4v) is 0.645. The molecule has 0 saturated heterocycles. The summed E-state index contributed by atoms with van der Waals surface area (Å²) in [5, 5.41) is 8.06. The average molecular weight is 232 g/mol. The van der Waals surface area contributed by atoms with E-state index in [0.717, 1.165) is 0 Å². The van der Waals surface area contributed by atoms with E-state index in [1.165, 1.54) is 0 Å². The molecule has 1 atom stereocenters. The lowest BCUT2D eigenvalue weighted by Crippen LogP contribution is -2.61. The van der Waals surface area contributed by atoms with E-state index in [4.69, 9.17) is 5.11 Å². The van der Waals surface area contributed by atoms with Crippen LogP contribution in [0.25, 0.3) is 0 Å². The van der Waals surface area contributed by atoms with E-state index in [1.54, 1.807) is 0 Å². The van der Waals surface area contributed by atoms with Gasteiger partial charge < -0.3 is 5.11 Å². The summed E-state index contributed by atoms with van der Waals surface area (Å²) < 4.78 is 93.6. The summed E-state index contributed by atoms with van der Waals surface area (Å²) in [5.41, 5.74) is -5.94. The second-order valence-electron chi connectivity index (χ2n) is 2.38. The van der Waals surface area contributed by atoms with Gasteiger partial charge in [0.25, 0.3) is 0 Å². The molecule has 1 nitrogen and oxygen atoms in total. The van der Waals surface area contributed by atoms with Crippen molar-refractivity contribution in [2.24, 2.45) is 0 Å². The zero-order chi connectivity index (χ0) is 11.8. The van der Waals surface area contributed by atoms with E-state index < -0.39 is 30.8 Å². The molecule has 1 N–H and O–H groups in total. The van der Waals surface area contributed by atoms with Crippen LogP contribution < -0.4 is 0 Å². The standard InChI is InChI=1S/C5H4F8O/c6-1-2(14)3(7,4(8,9)10)5(11,12)13/h2,14H,1H2. The normalized spacial score (nSPS) is 16.9. The van der Waals surface area contributed by atoms with Crippen LogP contribution in [0.4, 0.5) is 35.1 Å². The molecule has 0 spiro atoms. The van der Waals surface area contributed by atoms with Crippen molar-refractivity contribution in [3.05, 3.63) is 0 Å². The highest BCUT2D eigenvalue weighted by Crippen LogP contribution is 2.48. The first kappa shape index (κ1) is 13.4. The van der Waals surface area contributed by atoms with Crippen LogP contribution >= 0.6 is 0 Å². The van der Waals surface area contributed by atoms with E-state index >= 15 is 0 Å². The van der Waals surface area contributed by atoms with Crippen LogP contribution in [0.3, 0.4) is 0 Å². The first-order valence-electron chi connectivity index (χ1n) is 3.05. The number of rotatable bonds is 2. The number of halogens is 8. The van der Waals surface area contributed by atoms with E-state index in [9.17, 15) is 35.1 Å². The van der Waals surface area contributed by atoms with Gasteiger partial charge in [-0.25, -0.2) is 8.78 Å². The first-order valence-corrected chi connectivity index (χ1v) is 3.05. The summed E-state index contributed by atoms with van der Waals surface area (Å²) in [6.07, 6.45) is -16.7. The van der Waals surface area contributed by atoms with Gasteiger partial charge >= 0.3 is 18.0 Å². The summed E-state index contributed by atoms with van der Waals surface area (Å²) in [5.74, 6) is 0. The zero-order valence-electron chi connectivity index (χ0n) is 6.26. The second-order valence-corrected chi connectivity index (χ2v) is 2.38. The Balaban J connectivity index is 5.29. The van der Waals surface area contributed by atoms with Crippen molar-refractivity contribution in [3.63, 3.8) is 0 Å². The smallest absolute Gasteiger partial charge is 0.386 e. The predicted octanol–water partition coefficient (Wildman–Crippen LogP) is 2.15. The Hall–Kier alpha value is -0.600. The molecule has 9 heteroatoms. The van der Waals surface area contributed by atoms with Crippen LogP contribution in [-0.2, 0) is 0 Å². The Morgan fingerprint density at radius 3 is 1.21 bits per heavy atom.